The number of carboxylic acids is 1. The maximum Gasteiger partial charge on any atom is 1.00 e. The zero-order valence-electron chi connectivity index (χ0n) is 18.5. The van der Waals surface area contributed by atoms with Crippen molar-refractivity contribution in [3.63, 3.8) is 0 Å². The Kier molecular flexibility index (Phi) is 9.45. The Morgan fingerprint density at radius 3 is 2.83 bits per heavy atom. The number of anilines is 1. The van der Waals surface area contributed by atoms with Gasteiger partial charge < -0.3 is 30.2 Å². The van der Waals surface area contributed by atoms with Gasteiger partial charge in [-0.2, -0.15) is 5.48 Å². The van der Waals surface area contributed by atoms with Crippen molar-refractivity contribution in [2.24, 2.45) is 0 Å². The van der Waals surface area contributed by atoms with Crippen LogP contribution in [0.5, 0.6) is 0 Å². The van der Waals surface area contributed by atoms with E-state index in [4.69, 9.17) is 15.0 Å². The molecule has 4 heterocycles. The second kappa shape index (κ2) is 11.9. The number of furan rings is 1. The number of nitrogens with zero attached hydrogens (tertiary/aromatic N) is 2. The van der Waals surface area contributed by atoms with Crippen molar-refractivity contribution in [2.45, 2.75) is 17.5 Å². The number of hydrogen-bond donors (Lipinski definition) is 3. The molecule has 0 spiro atoms. The van der Waals surface area contributed by atoms with E-state index in [9.17, 15) is 24.3 Å². The molecule has 4 rings (SSSR count). The number of aliphatic carboxylic acids is 1. The van der Waals surface area contributed by atoms with Crippen LogP contribution in [-0.4, -0.2) is 62.8 Å². The van der Waals surface area contributed by atoms with Crippen LogP contribution < -0.4 is 51.2 Å². The van der Waals surface area contributed by atoms with Crippen LogP contribution in [0.25, 0.3) is 0 Å². The number of β-lactam (4-membered cyclic amide) rings is 1. The van der Waals surface area contributed by atoms with E-state index in [-0.39, 0.29) is 62.8 Å². The topological polar surface area (TPSA) is 180 Å². The zero-order valence-corrected chi connectivity index (χ0v) is 23.0. The molecule has 12 nitrogen and oxygen atoms in total. The molecule has 180 valence electrons. The van der Waals surface area contributed by atoms with Crippen LogP contribution in [0.1, 0.15) is 22.3 Å². The summed E-state index contributed by atoms with van der Waals surface area (Å²) >= 11 is 3.29. The number of thiazole rings is 1. The predicted molar refractivity (Wildman–Crippen MR) is 122 cm³/mol. The number of carbonyl (C=O) groups is 4. The van der Waals surface area contributed by atoms with E-state index in [0.717, 1.165) is 28.0 Å². The van der Waals surface area contributed by atoms with Crippen molar-refractivity contribution < 1.29 is 63.1 Å². The van der Waals surface area contributed by atoms with Crippen LogP contribution in [0, 0.1) is 0 Å². The first kappa shape index (κ1) is 27.7. The Morgan fingerprint density at radius 1 is 1.46 bits per heavy atom. The van der Waals surface area contributed by atoms with Gasteiger partial charge >= 0.3 is 29.6 Å². The number of rotatable bonds is 9. The van der Waals surface area contributed by atoms with Crippen LogP contribution in [0.4, 0.5) is 5.13 Å². The van der Waals surface area contributed by atoms with Gasteiger partial charge in [-0.15, -0.1) is 23.1 Å². The number of nitrogen functional groups attached to an aromatic ring is 1. The minimum absolute atomic E-state index is 0. The summed E-state index contributed by atoms with van der Waals surface area (Å²) < 4.78 is 5.05. The average molecular weight is 548 g/mol. The van der Waals surface area contributed by atoms with Crippen molar-refractivity contribution in [3.8, 4) is 0 Å². The molecule has 0 radical (unpaired) electrons. The molecule has 0 saturated carbocycles. The molecule has 2 aromatic rings. The number of nitrogens with two attached hydrogens (primary N) is 1. The molecule has 4 N–H and O–H groups in total. The van der Waals surface area contributed by atoms with E-state index in [1.165, 1.54) is 31.2 Å². The summed E-state index contributed by atoms with van der Waals surface area (Å²) in [7, 11) is 1.33. The second-order valence-electron chi connectivity index (χ2n) is 7.05. The standard InChI is InChI=1S/C19H19N5O7S3.Na/c1-30-23-11(9-7-34-19(20)21-9)14(25)22-12-15(26)24-13(17(27)28)8(5-32-16(12)24)6-33-18(29)10-3-2-4-31-10;/h2-4,7,11-12,16,23H,5-6H2,1H3,(H2,20,21)(H,22,25)(H,27,28);/q;+1/p-1/t11?,12?,16-;/m0./s1. The number of carboxylic acid groups (broad SMARTS) is 1. The van der Waals surface area contributed by atoms with Gasteiger partial charge in [0.25, 0.3) is 11.0 Å². The SMILES string of the molecule is CONC(C(=O)NC1C(=O)N2C(C(=O)[O-])=C(CSC(=O)c3ccco3)CS[C@@H]12)c1csc(N)n1.[Na+]. The van der Waals surface area contributed by atoms with Gasteiger partial charge in [0, 0.05) is 16.9 Å². The fourth-order valence-electron chi connectivity index (χ4n) is 3.44. The fourth-order valence-corrected chi connectivity index (χ4v) is 6.30. The van der Waals surface area contributed by atoms with Crippen molar-refractivity contribution in [1.82, 2.24) is 20.7 Å². The van der Waals surface area contributed by atoms with Crippen LogP contribution in [0.2, 0.25) is 0 Å². The number of nitrogens with one attached hydrogen (secondary N) is 2. The van der Waals surface area contributed by atoms with E-state index in [1.54, 1.807) is 11.4 Å². The van der Waals surface area contributed by atoms with Crippen molar-refractivity contribution in [1.29, 1.82) is 0 Å². The first-order valence-electron chi connectivity index (χ1n) is 9.70. The molecule has 16 heteroatoms. The second-order valence-corrected chi connectivity index (χ2v) is 10.00. The molecule has 2 aliphatic rings. The smallest absolute Gasteiger partial charge is 0.543 e. The third kappa shape index (κ3) is 5.77. The van der Waals surface area contributed by atoms with Gasteiger partial charge in [-0.05, 0) is 17.7 Å². The van der Waals surface area contributed by atoms with Gasteiger partial charge in [0.15, 0.2) is 16.9 Å². The number of thioether (sulfide) groups is 2. The fraction of sp³-hybridized carbons (Fsp3) is 0.316. The largest absolute Gasteiger partial charge is 1.00 e. The summed E-state index contributed by atoms with van der Waals surface area (Å²) in [6.45, 7) is 0. The average Bonchev–Trinajstić information content (AvgIpc) is 3.50. The van der Waals surface area contributed by atoms with E-state index in [0.29, 0.717) is 11.3 Å². The first-order valence-corrected chi connectivity index (χ1v) is 12.6. The van der Waals surface area contributed by atoms with Crippen molar-refractivity contribution in [3.05, 3.63) is 46.5 Å². The number of amides is 2. The minimum Gasteiger partial charge on any atom is -0.543 e. The number of carbonyl (C=O) groups excluding carboxylic acids is 4. The maximum absolute atomic E-state index is 12.8. The predicted octanol–water partition coefficient (Wildman–Crippen LogP) is -3.51. The summed E-state index contributed by atoms with van der Waals surface area (Å²) in [5.74, 6) is -2.28. The normalized spacial score (nSPS) is 19.9. The summed E-state index contributed by atoms with van der Waals surface area (Å²) in [6, 6.07) is 1.10. The van der Waals surface area contributed by atoms with Gasteiger partial charge in [-0.25, -0.2) is 4.98 Å². The minimum atomic E-state index is -1.53. The molecule has 35 heavy (non-hydrogen) atoms. The van der Waals surface area contributed by atoms with Crippen molar-refractivity contribution >= 4 is 62.9 Å². The summed E-state index contributed by atoms with van der Waals surface area (Å²) in [6.07, 6.45) is 1.37. The zero-order chi connectivity index (χ0) is 24.4. The summed E-state index contributed by atoms with van der Waals surface area (Å²) in [5.41, 5.74) is 8.56. The molecule has 1 fully saturated rings. The van der Waals surface area contributed by atoms with Gasteiger partial charge in [0.1, 0.15) is 11.4 Å². The van der Waals surface area contributed by atoms with E-state index in [2.05, 4.69) is 15.8 Å². The quantitative estimate of drug-likeness (QED) is 0.160. The Bertz CT molecular complexity index is 1160. The van der Waals surface area contributed by atoms with Gasteiger partial charge in [0.05, 0.1) is 30.7 Å². The molecule has 2 unspecified atom stereocenters. The maximum atomic E-state index is 12.8. The first-order chi connectivity index (χ1) is 16.3. The monoisotopic (exact) mass is 547 g/mol. The van der Waals surface area contributed by atoms with Crippen LogP contribution in [-0.2, 0) is 19.2 Å². The molecule has 2 amide bonds. The molecule has 0 aliphatic carbocycles. The number of hydroxylamine groups is 1. The summed E-state index contributed by atoms with van der Waals surface area (Å²) in [5, 5.41) is 15.3. The number of fused-ring (bicyclic) bond motifs is 1. The molecular formula is C19H18N5NaO7S3. The third-order valence-electron chi connectivity index (χ3n) is 4.97. The van der Waals surface area contributed by atoms with E-state index < -0.39 is 35.2 Å². The van der Waals surface area contributed by atoms with Crippen LogP contribution in [0.15, 0.2) is 39.5 Å². The molecule has 3 atom stereocenters. The van der Waals surface area contributed by atoms with Gasteiger partial charge in [-0.1, -0.05) is 11.8 Å². The Morgan fingerprint density at radius 2 is 2.23 bits per heavy atom. The Labute approximate surface area is 233 Å². The van der Waals surface area contributed by atoms with Crippen LogP contribution >= 0.6 is 34.9 Å². The number of hydrogen-bond acceptors (Lipinski definition) is 13. The van der Waals surface area contributed by atoms with Crippen molar-refractivity contribution in [2.75, 3.05) is 24.3 Å². The van der Waals surface area contributed by atoms with E-state index >= 15 is 0 Å². The molecule has 2 aliphatic heterocycles. The summed E-state index contributed by atoms with van der Waals surface area (Å²) in [4.78, 5) is 59.7. The van der Waals surface area contributed by atoms with Gasteiger partial charge in [-0.3, -0.25) is 19.3 Å². The molecule has 2 aromatic heterocycles. The number of aromatic nitrogens is 1. The molecular weight excluding hydrogens is 529 g/mol. The van der Waals surface area contributed by atoms with Crippen LogP contribution in [0.3, 0.4) is 0 Å². The van der Waals surface area contributed by atoms with E-state index in [1.807, 2.05) is 0 Å². The molecule has 0 bridgehead atoms. The Hall–Kier alpha value is -1.85. The van der Waals surface area contributed by atoms with Gasteiger partial charge in [0.2, 0.25) is 5.91 Å². The molecule has 1 saturated heterocycles. The molecule has 0 aromatic carbocycles. The Balaban J connectivity index is 0.00000342. The third-order valence-corrected chi connectivity index (χ3v) is 7.96.